The Morgan fingerprint density at radius 2 is 2.25 bits per heavy atom. The van der Waals surface area contributed by atoms with Crippen LogP contribution in [0.5, 0.6) is 0 Å². The van der Waals surface area contributed by atoms with Gasteiger partial charge in [-0.05, 0) is 41.3 Å². The first-order chi connectivity index (χ1) is 7.65. The van der Waals surface area contributed by atoms with Crippen molar-refractivity contribution in [3.05, 3.63) is 32.2 Å². The van der Waals surface area contributed by atoms with E-state index in [-0.39, 0.29) is 11.5 Å². The molecule has 0 saturated carbocycles. The smallest absolute Gasteiger partial charge is 0.339 e. The van der Waals surface area contributed by atoms with Gasteiger partial charge in [0.05, 0.1) is 17.1 Å². The van der Waals surface area contributed by atoms with E-state index in [4.69, 9.17) is 4.74 Å². The molecule has 4 nitrogen and oxygen atoms in total. The van der Waals surface area contributed by atoms with Gasteiger partial charge in [-0.1, -0.05) is 0 Å². The van der Waals surface area contributed by atoms with Crippen LogP contribution in [0.2, 0.25) is 0 Å². The molecule has 2 rings (SSSR count). The third-order valence-corrected chi connectivity index (χ3v) is 3.38. The number of aromatic nitrogens is 1. The van der Waals surface area contributed by atoms with E-state index in [9.17, 15) is 9.59 Å². The summed E-state index contributed by atoms with van der Waals surface area (Å²) in [6.45, 7) is 0.678. The molecule has 1 aliphatic heterocycles. The summed E-state index contributed by atoms with van der Waals surface area (Å²) in [7, 11) is 1.35. The van der Waals surface area contributed by atoms with Crippen LogP contribution in [0.25, 0.3) is 0 Å². The number of hydrogen-bond acceptors (Lipinski definition) is 3. The standard InChI is InChI=1S/C11H12BrNO3/c1-16-11(15)7-6-8(12)10(14)13-5-3-2-4-9(7)13/h6H,2-5H2,1H3. The van der Waals surface area contributed by atoms with Crippen LogP contribution in [0.1, 0.15) is 28.9 Å². The molecule has 0 spiro atoms. The molecule has 16 heavy (non-hydrogen) atoms. The van der Waals surface area contributed by atoms with E-state index in [1.165, 1.54) is 7.11 Å². The molecule has 0 unspecified atom stereocenters. The van der Waals surface area contributed by atoms with Gasteiger partial charge in [-0.25, -0.2) is 4.79 Å². The highest BCUT2D eigenvalue weighted by molar-refractivity contribution is 9.10. The van der Waals surface area contributed by atoms with E-state index in [0.29, 0.717) is 16.6 Å². The van der Waals surface area contributed by atoms with Gasteiger partial charge in [-0.3, -0.25) is 4.79 Å². The van der Waals surface area contributed by atoms with Crippen LogP contribution in [0.3, 0.4) is 0 Å². The second-order valence-electron chi connectivity index (χ2n) is 3.76. The van der Waals surface area contributed by atoms with E-state index in [1.807, 2.05) is 0 Å². The van der Waals surface area contributed by atoms with Crippen LogP contribution >= 0.6 is 15.9 Å². The Morgan fingerprint density at radius 1 is 1.50 bits per heavy atom. The van der Waals surface area contributed by atoms with Crippen molar-refractivity contribution < 1.29 is 9.53 Å². The van der Waals surface area contributed by atoms with Crippen molar-refractivity contribution in [3.8, 4) is 0 Å². The quantitative estimate of drug-likeness (QED) is 0.739. The van der Waals surface area contributed by atoms with Crippen LogP contribution in [0, 0.1) is 0 Å². The number of halogens is 1. The molecule has 0 N–H and O–H groups in total. The number of esters is 1. The fraction of sp³-hybridized carbons (Fsp3) is 0.455. The zero-order valence-electron chi connectivity index (χ0n) is 8.96. The first-order valence-corrected chi connectivity index (χ1v) is 5.95. The largest absolute Gasteiger partial charge is 0.465 e. The van der Waals surface area contributed by atoms with Crippen molar-refractivity contribution in [2.75, 3.05) is 7.11 Å². The molecule has 1 aromatic heterocycles. The van der Waals surface area contributed by atoms with Crippen LogP contribution in [-0.4, -0.2) is 17.6 Å². The van der Waals surface area contributed by atoms with Crippen molar-refractivity contribution in [2.45, 2.75) is 25.8 Å². The summed E-state index contributed by atoms with van der Waals surface area (Å²) in [5.74, 6) is -0.383. The van der Waals surface area contributed by atoms with E-state index >= 15 is 0 Å². The minimum Gasteiger partial charge on any atom is -0.465 e. The lowest BCUT2D eigenvalue weighted by Crippen LogP contribution is -2.30. The zero-order valence-corrected chi connectivity index (χ0v) is 10.5. The molecular formula is C11H12BrNO3. The van der Waals surface area contributed by atoms with Gasteiger partial charge in [0.1, 0.15) is 0 Å². The molecule has 0 radical (unpaired) electrons. The molecule has 5 heteroatoms. The van der Waals surface area contributed by atoms with Crippen molar-refractivity contribution in [2.24, 2.45) is 0 Å². The molecular weight excluding hydrogens is 274 g/mol. The second-order valence-corrected chi connectivity index (χ2v) is 4.61. The van der Waals surface area contributed by atoms with Gasteiger partial charge in [0.2, 0.25) is 0 Å². The Morgan fingerprint density at radius 3 is 2.94 bits per heavy atom. The Hall–Kier alpha value is -1.10. The van der Waals surface area contributed by atoms with Gasteiger partial charge < -0.3 is 9.30 Å². The zero-order chi connectivity index (χ0) is 11.7. The molecule has 86 valence electrons. The molecule has 0 amide bonds. The van der Waals surface area contributed by atoms with Crippen LogP contribution in [0.15, 0.2) is 15.3 Å². The van der Waals surface area contributed by atoms with Gasteiger partial charge in [0.15, 0.2) is 0 Å². The summed E-state index contributed by atoms with van der Waals surface area (Å²) in [5.41, 5.74) is 1.22. The van der Waals surface area contributed by atoms with Crippen molar-refractivity contribution in [1.82, 2.24) is 4.57 Å². The van der Waals surface area contributed by atoms with Gasteiger partial charge in [-0.2, -0.15) is 0 Å². The SMILES string of the molecule is COC(=O)c1cc(Br)c(=O)n2c1CCCC2. The summed E-state index contributed by atoms with van der Waals surface area (Å²) >= 11 is 3.18. The third kappa shape index (κ3) is 1.80. The number of carbonyl (C=O) groups excluding carboxylic acids is 1. The normalized spacial score (nSPS) is 14.4. The molecule has 2 heterocycles. The summed E-state index contributed by atoms with van der Waals surface area (Å²) in [5, 5.41) is 0. The number of fused-ring (bicyclic) bond motifs is 1. The molecule has 0 fully saturated rings. The topological polar surface area (TPSA) is 48.3 Å². The molecule has 0 aromatic carbocycles. The third-order valence-electron chi connectivity index (χ3n) is 2.81. The summed E-state index contributed by atoms with van der Waals surface area (Å²) in [6.07, 6.45) is 2.74. The fourth-order valence-corrected chi connectivity index (χ4v) is 2.47. The summed E-state index contributed by atoms with van der Waals surface area (Å²) in [4.78, 5) is 23.4. The lowest BCUT2D eigenvalue weighted by molar-refractivity contribution is 0.0597. The van der Waals surface area contributed by atoms with Gasteiger partial charge >= 0.3 is 5.97 Å². The molecule has 0 bridgehead atoms. The predicted molar refractivity (Wildman–Crippen MR) is 62.7 cm³/mol. The van der Waals surface area contributed by atoms with E-state index in [1.54, 1.807) is 10.6 Å². The maximum atomic E-state index is 11.8. The molecule has 1 aliphatic rings. The van der Waals surface area contributed by atoms with Crippen molar-refractivity contribution in [3.63, 3.8) is 0 Å². The predicted octanol–water partition coefficient (Wildman–Crippen LogP) is 1.73. The Kier molecular flexibility index (Phi) is 3.14. The maximum Gasteiger partial charge on any atom is 0.339 e. The van der Waals surface area contributed by atoms with E-state index in [2.05, 4.69) is 15.9 Å². The average molecular weight is 286 g/mol. The lowest BCUT2D eigenvalue weighted by Gasteiger charge is -2.20. The molecule has 0 aliphatic carbocycles. The van der Waals surface area contributed by atoms with Gasteiger partial charge in [0.25, 0.3) is 5.56 Å². The van der Waals surface area contributed by atoms with Crippen LogP contribution in [0.4, 0.5) is 0 Å². The minimum absolute atomic E-state index is 0.0673. The highest BCUT2D eigenvalue weighted by Gasteiger charge is 2.21. The van der Waals surface area contributed by atoms with Crippen molar-refractivity contribution in [1.29, 1.82) is 0 Å². The number of ether oxygens (including phenoxy) is 1. The van der Waals surface area contributed by atoms with Crippen LogP contribution < -0.4 is 5.56 Å². The Labute approximate surface area is 101 Å². The number of carbonyl (C=O) groups is 1. The molecule has 0 atom stereocenters. The summed E-state index contributed by atoms with van der Waals surface area (Å²) in [6, 6.07) is 1.56. The minimum atomic E-state index is -0.383. The molecule has 1 aromatic rings. The number of rotatable bonds is 1. The number of methoxy groups -OCH3 is 1. The summed E-state index contributed by atoms with van der Waals surface area (Å²) < 4.78 is 6.80. The number of pyridine rings is 1. The Balaban J connectivity index is 2.66. The Bertz CT molecular complexity index is 493. The lowest BCUT2D eigenvalue weighted by atomic mass is 10.0. The first kappa shape index (κ1) is 11.4. The van der Waals surface area contributed by atoms with E-state index in [0.717, 1.165) is 25.0 Å². The molecule has 0 saturated heterocycles. The first-order valence-electron chi connectivity index (χ1n) is 5.15. The second kappa shape index (κ2) is 4.41. The average Bonchev–Trinajstić information content (AvgIpc) is 2.33. The highest BCUT2D eigenvalue weighted by Crippen LogP contribution is 2.20. The van der Waals surface area contributed by atoms with Crippen LogP contribution in [-0.2, 0) is 17.7 Å². The number of hydrogen-bond donors (Lipinski definition) is 0. The van der Waals surface area contributed by atoms with Gasteiger partial charge in [0, 0.05) is 12.2 Å². The maximum absolute atomic E-state index is 11.8. The van der Waals surface area contributed by atoms with Gasteiger partial charge in [-0.15, -0.1) is 0 Å². The van der Waals surface area contributed by atoms with Crippen molar-refractivity contribution >= 4 is 21.9 Å². The highest BCUT2D eigenvalue weighted by atomic mass is 79.9. The number of nitrogens with zero attached hydrogens (tertiary/aromatic N) is 1. The van der Waals surface area contributed by atoms with E-state index < -0.39 is 0 Å². The monoisotopic (exact) mass is 285 g/mol. The fourth-order valence-electron chi connectivity index (χ4n) is 2.02.